The Kier molecular flexibility index (Phi) is 5.68. The maximum absolute atomic E-state index is 12.9. The Morgan fingerprint density at radius 2 is 1.69 bits per heavy atom. The largest absolute Gasteiger partial charge is 0.383 e. The van der Waals surface area contributed by atoms with Gasteiger partial charge in [-0.2, -0.15) is 0 Å². The predicted octanol–water partition coefficient (Wildman–Crippen LogP) is 2.57. The number of amides is 1. The van der Waals surface area contributed by atoms with Crippen LogP contribution in [0.15, 0.2) is 64.2 Å². The highest BCUT2D eigenvalue weighted by atomic mass is 16.2. The lowest BCUT2D eigenvalue weighted by atomic mass is 10.0. The first-order chi connectivity index (χ1) is 13.8. The monoisotopic (exact) mass is 392 g/mol. The second-order valence-corrected chi connectivity index (χ2v) is 7.21. The van der Waals surface area contributed by atoms with Crippen molar-refractivity contribution in [3.8, 4) is 0 Å². The van der Waals surface area contributed by atoms with Crippen LogP contribution in [0.2, 0.25) is 0 Å². The first-order valence-electron chi connectivity index (χ1n) is 9.34. The number of aromatic nitrogens is 2. The van der Waals surface area contributed by atoms with E-state index in [-0.39, 0.29) is 24.0 Å². The van der Waals surface area contributed by atoms with Gasteiger partial charge in [0.05, 0.1) is 6.54 Å². The number of nitrogens with zero attached hydrogens (tertiary/aromatic N) is 2. The van der Waals surface area contributed by atoms with Crippen LogP contribution in [0.3, 0.4) is 0 Å². The van der Waals surface area contributed by atoms with E-state index >= 15 is 0 Å². The van der Waals surface area contributed by atoms with E-state index in [0.29, 0.717) is 11.5 Å². The van der Waals surface area contributed by atoms with E-state index in [1.54, 1.807) is 12.1 Å². The highest BCUT2D eigenvalue weighted by molar-refractivity contribution is 6.06. The number of nitrogen functional groups attached to an aromatic ring is 1. The summed E-state index contributed by atoms with van der Waals surface area (Å²) in [4.78, 5) is 41.1. The van der Waals surface area contributed by atoms with Crippen molar-refractivity contribution in [1.82, 2.24) is 9.55 Å². The summed E-state index contributed by atoms with van der Waals surface area (Å²) in [5.74, 6) is -0.100. The van der Waals surface area contributed by atoms with Gasteiger partial charge in [0.25, 0.3) is 11.5 Å². The summed E-state index contributed by atoms with van der Waals surface area (Å²) in [5.41, 5.74) is 7.16. The van der Waals surface area contributed by atoms with E-state index in [2.05, 4.69) is 18.8 Å². The van der Waals surface area contributed by atoms with E-state index in [1.807, 2.05) is 42.5 Å². The Hall–Kier alpha value is -3.61. The van der Waals surface area contributed by atoms with Crippen molar-refractivity contribution in [1.29, 1.82) is 0 Å². The summed E-state index contributed by atoms with van der Waals surface area (Å²) in [6.07, 6.45) is 0. The van der Waals surface area contributed by atoms with Crippen LogP contribution < -0.4 is 21.9 Å². The van der Waals surface area contributed by atoms with Gasteiger partial charge in [-0.3, -0.25) is 19.1 Å². The van der Waals surface area contributed by atoms with E-state index < -0.39 is 11.2 Å². The fourth-order valence-electron chi connectivity index (χ4n) is 3.13. The molecule has 3 N–H and O–H groups in total. The van der Waals surface area contributed by atoms with Crippen LogP contribution in [0.25, 0.3) is 0 Å². The van der Waals surface area contributed by atoms with Crippen molar-refractivity contribution in [2.75, 3.05) is 17.7 Å². The van der Waals surface area contributed by atoms with Crippen LogP contribution in [-0.2, 0) is 6.54 Å². The first kappa shape index (κ1) is 20.1. The lowest BCUT2D eigenvalue weighted by molar-refractivity contribution is 0.0992. The maximum atomic E-state index is 12.9. The number of benzene rings is 2. The summed E-state index contributed by atoms with van der Waals surface area (Å²) in [7, 11) is 1.47. The maximum Gasteiger partial charge on any atom is 0.330 e. The van der Waals surface area contributed by atoms with Crippen LogP contribution in [0.5, 0.6) is 0 Å². The molecule has 1 amide bonds. The summed E-state index contributed by atoms with van der Waals surface area (Å²) in [6, 6.07) is 16.5. The molecule has 0 saturated heterocycles. The topological polar surface area (TPSA) is 101 Å². The molecule has 0 radical (unpaired) electrons. The Morgan fingerprint density at radius 3 is 2.28 bits per heavy atom. The molecule has 1 aromatic heterocycles. The molecule has 3 rings (SSSR count). The van der Waals surface area contributed by atoms with Crippen LogP contribution in [0.4, 0.5) is 11.5 Å². The molecule has 0 spiro atoms. The van der Waals surface area contributed by atoms with E-state index in [9.17, 15) is 14.4 Å². The second-order valence-electron chi connectivity index (χ2n) is 7.21. The minimum atomic E-state index is -0.702. The summed E-state index contributed by atoms with van der Waals surface area (Å²) < 4.78 is 1.25. The second kappa shape index (κ2) is 8.18. The van der Waals surface area contributed by atoms with Crippen molar-refractivity contribution < 1.29 is 4.79 Å². The van der Waals surface area contributed by atoms with Crippen molar-refractivity contribution in [2.24, 2.45) is 0 Å². The number of nitrogens with two attached hydrogens (primary N) is 1. The Labute approximate surface area is 168 Å². The highest BCUT2D eigenvalue weighted by Crippen LogP contribution is 2.20. The Bertz CT molecular complexity index is 1130. The number of aromatic amines is 1. The van der Waals surface area contributed by atoms with Gasteiger partial charge >= 0.3 is 5.69 Å². The molecule has 0 saturated carbocycles. The molecule has 7 heteroatoms. The van der Waals surface area contributed by atoms with Gasteiger partial charge < -0.3 is 10.6 Å². The zero-order valence-corrected chi connectivity index (χ0v) is 16.7. The lowest BCUT2D eigenvalue weighted by Crippen LogP contribution is -2.39. The Morgan fingerprint density at radius 1 is 1.07 bits per heavy atom. The molecular formula is C22H24N4O3. The molecule has 7 nitrogen and oxygen atoms in total. The first-order valence-corrected chi connectivity index (χ1v) is 9.34. The summed E-state index contributed by atoms with van der Waals surface area (Å²) >= 11 is 0. The lowest BCUT2D eigenvalue weighted by Gasteiger charge is -2.20. The predicted molar refractivity (Wildman–Crippen MR) is 115 cm³/mol. The van der Waals surface area contributed by atoms with Gasteiger partial charge in [-0.15, -0.1) is 0 Å². The van der Waals surface area contributed by atoms with Crippen molar-refractivity contribution in [3.05, 3.63) is 92.1 Å². The van der Waals surface area contributed by atoms with Crippen molar-refractivity contribution >= 4 is 17.4 Å². The van der Waals surface area contributed by atoms with Gasteiger partial charge in [-0.05, 0) is 29.2 Å². The normalized spacial score (nSPS) is 10.9. The molecule has 150 valence electrons. The molecule has 2 aromatic carbocycles. The molecular weight excluding hydrogens is 368 g/mol. The molecule has 3 aromatic rings. The van der Waals surface area contributed by atoms with E-state index in [4.69, 9.17) is 5.73 Å². The molecule has 29 heavy (non-hydrogen) atoms. The molecule has 0 bridgehead atoms. The van der Waals surface area contributed by atoms with Crippen LogP contribution in [-0.4, -0.2) is 22.5 Å². The Balaban J connectivity index is 1.99. The number of nitrogens with one attached hydrogen (secondary N) is 1. The molecule has 0 unspecified atom stereocenters. The van der Waals surface area contributed by atoms with E-state index in [0.717, 1.165) is 11.1 Å². The van der Waals surface area contributed by atoms with Gasteiger partial charge in [0.1, 0.15) is 5.82 Å². The SMILES string of the molecule is CC(C)c1ccc(C(=O)N(C)c2c(N)n(Cc3ccccc3)c(=O)[nH]c2=O)cc1. The molecule has 0 aliphatic rings. The molecule has 0 aliphatic carbocycles. The molecule has 1 heterocycles. The third kappa shape index (κ3) is 4.13. The van der Waals surface area contributed by atoms with Crippen LogP contribution >= 0.6 is 0 Å². The smallest absolute Gasteiger partial charge is 0.330 e. The molecule has 0 fully saturated rings. The van der Waals surface area contributed by atoms with E-state index in [1.165, 1.54) is 16.5 Å². The zero-order chi connectivity index (χ0) is 21.1. The minimum Gasteiger partial charge on any atom is -0.383 e. The molecule has 0 aliphatic heterocycles. The van der Waals surface area contributed by atoms with Gasteiger partial charge in [-0.25, -0.2) is 4.79 Å². The zero-order valence-electron chi connectivity index (χ0n) is 16.7. The van der Waals surface area contributed by atoms with Gasteiger partial charge in [0.2, 0.25) is 0 Å². The average molecular weight is 392 g/mol. The number of H-pyrrole nitrogens is 1. The molecule has 0 atom stereocenters. The number of carbonyl (C=O) groups excluding carboxylic acids is 1. The highest BCUT2D eigenvalue weighted by Gasteiger charge is 2.22. The number of hydrogen-bond acceptors (Lipinski definition) is 4. The fraction of sp³-hybridized carbons (Fsp3) is 0.227. The third-order valence-electron chi connectivity index (χ3n) is 4.86. The minimum absolute atomic E-state index is 0.0570. The standard InChI is InChI=1S/C22H24N4O3/c1-14(2)16-9-11-17(12-10-16)21(28)25(3)18-19(23)26(22(29)24-20(18)27)13-15-7-5-4-6-8-15/h4-12,14H,13,23H2,1-3H3,(H,24,27,29). The van der Waals surface area contributed by atoms with Gasteiger partial charge in [0, 0.05) is 12.6 Å². The number of hydrogen-bond donors (Lipinski definition) is 2. The van der Waals surface area contributed by atoms with Crippen LogP contribution in [0, 0.1) is 0 Å². The van der Waals surface area contributed by atoms with Gasteiger partial charge in [-0.1, -0.05) is 56.3 Å². The number of anilines is 2. The number of rotatable bonds is 5. The quantitative estimate of drug-likeness (QED) is 0.697. The third-order valence-corrected chi connectivity index (χ3v) is 4.86. The van der Waals surface area contributed by atoms with Gasteiger partial charge in [0.15, 0.2) is 5.69 Å². The summed E-state index contributed by atoms with van der Waals surface area (Å²) in [5, 5.41) is 0. The average Bonchev–Trinajstić information content (AvgIpc) is 2.71. The summed E-state index contributed by atoms with van der Waals surface area (Å²) in [6.45, 7) is 4.32. The van der Waals surface area contributed by atoms with Crippen LogP contribution in [0.1, 0.15) is 41.3 Å². The van der Waals surface area contributed by atoms with Crippen molar-refractivity contribution in [2.45, 2.75) is 26.3 Å². The number of carbonyl (C=O) groups is 1. The van der Waals surface area contributed by atoms with Crippen molar-refractivity contribution in [3.63, 3.8) is 0 Å². The fourth-order valence-corrected chi connectivity index (χ4v) is 3.13.